The smallest absolute Gasteiger partial charge is 0.0738 e. The summed E-state index contributed by atoms with van der Waals surface area (Å²) in [4.78, 5) is 28.2. The average Bonchev–Trinajstić information content (AvgIpc) is 4.13. The lowest BCUT2D eigenvalue weighted by Gasteiger charge is -2.15. The Balaban J connectivity index is 1.43. The Kier molecular flexibility index (Phi) is 11.6. The van der Waals surface area contributed by atoms with E-state index in [9.17, 15) is 0 Å². The molecule has 0 fully saturated rings. The number of hydrogen-bond donors (Lipinski definition) is 0. The highest BCUT2D eigenvalue weighted by molar-refractivity contribution is 7.11. The minimum Gasteiger partial charge on any atom is -0.248 e. The van der Waals surface area contributed by atoms with Crippen LogP contribution in [0.5, 0.6) is 0 Å². The monoisotopic (exact) mass is 860 g/mol. The molecule has 8 bridgehead atoms. The Morgan fingerprint density at radius 2 is 0.517 bits per heavy atom. The Labute approximate surface area is 371 Å². The van der Waals surface area contributed by atoms with E-state index in [0.717, 1.165) is 119 Å². The first kappa shape index (κ1) is 40.8. The molecule has 5 aliphatic heterocycles. The molecule has 304 valence electrons. The fourth-order valence-corrected chi connectivity index (χ4v) is 13.5. The van der Waals surface area contributed by atoms with Crippen LogP contribution in [0.4, 0.5) is 0 Å². The molecule has 0 radical (unpaired) electrons. The van der Waals surface area contributed by atoms with Crippen molar-refractivity contribution in [2.45, 2.75) is 107 Å². The number of fused-ring (bicyclic) bond motifs is 4. The van der Waals surface area contributed by atoms with E-state index in [0.29, 0.717) is 0 Å². The molecule has 0 saturated heterocycles. The maximum atomic E-state index is 5.67. The molecule has 4 nitrogen and oxygen atoms in total. The topological polar surface area (TPSA) is 49.4 Å². The number of nitrogens with zero attached hydrogens (tertiary/aromatic N) is 4. The van der Waals surface area contributed by atoms with E-state index in [1.807, 2.05) is 45.3 Å². The van der Waals surface area contributed by atoms with E-state index in [-0.39, 0.29) is 0 Å². The molecule has 0 aliphatic carbocycles. The van der Waals surface area contributed by atoms with Crippen molar-refractivity contribution >= 4 is 90.5 Å². The summed E-state index contributed by atoms with van der Waals surface area (Å²) >= 11 is 7.45. The molecule has 0 N–H and O–H groups in total. The number of aryl methyl sites for hydroxylation is 8. The van der Waals surface area contributed by atoms with E-state index in [1.54, 1.807) is 0 Å². The Bertz CT molecular complexity index is 2360. The standard InChI is InChI=1S/C52H52N4S4/c1-9-29-25-57-41(13-5)45(29)49-33-17-19-35(53-33)50(46-30(10-2)26-58-42(46)14-6)37-21-23-39(55-37)52(48-32(12-4)28-60-44(48)16-8)40-24-22-38(56-40)51(36-20-18-34(49)54-36)47-31(11-3)27-59-43(47)15-7/h17-28H,9-16H2,1-8H3. The fraction of sp³-hybridized carbons (Fsp3) is 0.308. The van der Waals surface area contributed by atoms with Crippen molar-refractivity contribution in [2.75, 3.05) is 0 Å². The van der Waals surface area contributed by atoms with Crippen molar-refractivity contribution in [2.24, 2.45) is 20.0 Å². The second-order valence-corrected chi connectivity index (χ2v) is 19.3. The lowest BCUT2D eigenvalue weighted by molar-refractivity contribution is 1.11. The predicted molar refractivity (Wildman–Crippen MR) is 266 cm³/mol. The molecular weight excluding hydrogens is 809 g/mol. The number of hydrogen-bond acceptors (Lipinski definition) is 8. The van der Waals surface area contributed by atoms with Crippen molar-refractivity contribution < 1.29 is 0 Å². The first-order valence-electron chi connectivity index (χ1n) is 21.8. The molecule has 60 heavy (non-hydrogen) atoms. The molecule has 4 aromatic rings. The van der Waals surface area contributed by atoms with Crippen LogP contribution < -0.4 is 0 Å². The molecule has 0 amide bonds. The second-order valence-electron chi connectivity index (χ2n) is 15.4. The highest BCUT2D eigenvalue weighted by atomic mass is 32.1. The van der Waals surface area contributed by atoms with Gasteiger partial charge in [-0.05, 0) is 144 Å². The molecule has 0 atom stereocenters. The fourth-order valence-electron chi connectivity index (χ4n) is 9.15. The van der Waals surface area contributed by atoms with Gasteiger partial charge < -0.3 is 0 Å². The van der Waals surface area contributed by atoms with Crippen LogP contribution >= 0.6 is 45.3 Å². The highest BCUT2D eigenvalue weighted by Crippen LogP contribution is 2.45. The van der Waals surface area contributed by atoms with Gasteiger partial charge in [-0.3, -0.25) is 0 Å². The minimum atomic E-state index is 0.942. The molecule has 0 unspecified atom stereocenters. The van der Waals surface area contributed by atoms with E-state index >= 15 is 0 Å². The van der Waals surface area contributed by atoms with Crippen LogP contribution in [0.2, 0.25) is 0 Å². The first-order chi connectivity index (χ1) is 29.4. The summed E-state index contributed by atoms with van der Waals surface area (Å²) in [6.07, 6.45) is 25.5. The zero-order valence-corrected chi connectivity index (χ0v) is 39.3. The molecule has 9 rings (SSSR count). The number of rotatable bonds is 12. The van der Waals surface area contributed by atoms with Crippen molar-refractivity contribution in [3.05, 3.63) is 157 Å². The van der Waals surface area contributed by atoms with Crippen LogP contribution in [0.15, 0.2) is 113 Å². The Hall–Kier alpha value is -4.60. The van der Waals surface area contributed by atoms with Gasteiger partial charge >= 0.3 is 0 Å². The van der Waals surface area contributed by atoms with Crippen LogP contribution in [0.1, 0.15) is 119 Å². The van der Waals surface area contributed by atoms with Gasteiger partial charge in [0, 0.05) is 64.1 Å². The second kappa shape index (κ2) is 17.0. The minimum absolute atomic E-state index is 0.942. The maximum absolute atomic E-state index is 5.67. The maximum Gasteiger partial charge on any atom is 0.0738 e. The Morgan fingerprint density at radius 3 is 0.700 bits per heavy atom. The van der Waals surface area contributed by atoms with Crippen LogP contribution in [-0.2, 0) is 51.4 Å². The number of aliphatic imine (C=N–C) groups is 4. The molecule has 8 heteroatoms. The Morgan fingerprint density at radius 1 is 0.300 bits per heavy atom. The van der Waals surface area contributed by atoms with Gasteiger partial charge in [0.25, 0.3) is 0 Å². The van der Waals surface area contributed by atoms with Crippen molar-refractivity contribution in [3.8, 4) is 0 Å². The third kappa shape index (κ3) is 6.75. The molecule has 5 aliphatic rings. The third-order valence-corrected chi connectivity index (χ3v) is 16.9. The molecule has 0 aromatic carbocycles. The lowest BCUT2D eigenvalue weighted by Crippen LogP contribution is -2.07. The molecule has 4 aromatic heterocycles. The van der Waals surface area contributed by atoms with Crippen molar-refractivity contribution in [3.63, 3.8) is 0 Å². The summed E-state index contributed by atoms with van der Waals surface area (Å²) in [6, 6.07) is 0. The quantitative estimate of drug-likeness (QED) is 0.136. The molecule has 0 saturated carbocycles. The van der Waals surface area contributed by atoms with Gasteiger partial charge in [-0.2, -0.15) is 0 Å². The largest absolute Gasteiger partial charge is 0.248 e. The highest BCUT2D eigenvalue weighted by Gasteiger charge is 2.32. The summed E-state index contributed by atoms with van der Waals surface area (Å²) in [5, 5.41) is 9.40. The van der Waals surface area contributed by atoms with E-state index in [2.05, 4.69) is 126 Å². The molecule has 0 spiro atoms. The SMILES string of the molecule is CCc1csc(CC)c1C1=C2C=CC(=N2)C(c2c(CC)csc2CC)=C2C=CC(=N2)C(c2c(CC)csc2CC)=C2C=CC(=N2)C(c2c(CC)csc2CC)=C2C=CC1=N2. The first-order valence-corrected chi connectivity index (χ1v) is 25.3. The molecule has 9 heterocycles. The number of thiophene rings is 4. The van der Waals surface area contributed by atoms with E-state index in [1.165, 1.54) is 64.0 Å². The summed E-state index contributed by atoms with van der Waals surface area (Å²) in [5.41, 5.74) is 22.7. The van der Waals surface area contributed by atoms with Gasteiger partial charge in [0.05, 0.1) is 45.6 Å². The van der Waals surface area contributed by atoms with Gasteiger partial charge in [0.2, 0.25) is 0 Å². The average molecular weight is 861 g/mol. The molecular formula is C52H52N4S4. The zero-order valence-electron chi connectivity index (χ0n) is 36.0. The predicted octanol–water partition coefficient (Wildman–Crippen LogP) is 14.4. The van der Waals surface area contributed by atoms with Gasteiger partial charge in [-0.15, -0.1) is 45.3 Å². The summed E-state index contributed by atoms with van der Waals surface area (Å²) in [5.74, 6) is 0. The summed E-state index contributed by atoms with van der Waals surface area (Å²) in [6.45, 7) is 18.1. The van der Waals surface area contributed by atoms with Gasteiger partial charge in [0.1, 0.15) is 0 Å². The van der Waals surface area contributed by atoms with Crippen LogP contribution in [-0.4, -0.2) is 22.8 Å². The van der Waals surface area contributed by atoms with Crippen LogP contribution in [0, 0.1) is 0 Å². The normalized spacial score (nSPS) is 17.1. The van der Waals surface area contributed by atoms with Crippen molar-refractivity contribution in [1.29, 1.82) is 0 Å². The number of allylic oxidation sites excluding steroid dienone is 12. The summed E-state index contributed by atoms with van der Waals surface area (Å²) in [7, 11) is 0. The lowest BCUT2D eigenvalue weighted by atomic mass is 9.93. The van der Waals surface area contributed by atoms with Gasteiger partial charge in [-0.25, -0.2) is 20.0 Å². The van der Waals surface area contributed by atoms with Crippen molar-refractivity contribution in [1.82, 2.24) is 0 Å². The summed E-state index contributed by atoms with van der Waals surface area (Å²) < 4.78 is 0. The third-order valence-electron chi connectivity index (χ3n) is 12.2. The van der Waals surface area contributed by atoms with Gasteiger partial charge in [-0.1, -0.05) is 55.4 Å². The van der Waals surface area contributed by atoms with E-state index in [4.69, 9.17) is 20.0 Å². The van der Waals surface area contributed by atoms with Crippen LogP contribution in [0.25, 0.3) is 22.3 Å². The van der Waals surface area contributed by atoms with Gasteiger partial charge in [0.15, 0.2) is 0 Å². The van der Waals surface area contributed by atoms with Crippen LogP contribution in [0.3, 0.4) is 0 Å². The van der Waals surface area contributed by atoms with E-state index < -0.39 is 0 Å². The zero-order chi connectivity index (χ0) is 41.7.